The van der Waals surface area contributed by atoms with Crippen LogP contribution in [0.15, 0.2) is 12.7 Å². The molecule has 0 aliphatic rings. The zero-order valence-corrected chi connectivity index (χ0v) is 14.6. The van der Waals surface area contributed by atoms with Gasteiger partial charge >= 0.3 is 12.1 Å². The molecule has 23 heavy (non-hydrogen) atoms. The first-order valence-electron chi connectivity index (χ1n) is 8.87. The Kier molecular flexibility index (Phi) is 15.7. The van der Waals surface area contributed by atoms with E-state index in [1.807, 2.05) is 0 Å². The minimum Gasteiger partial charge on any atom is -0.466 e. The van der Waals surface area contributed by atoms with Crippen LogP contribution in [0.1, 0.15) is 71.1 Å². The Morgan fingerprint density at radius 3 is 2.39 bits per heavy atom. The van der Waals surface area contributed by atoms with E-state index in [1.54, 1.807) is 0 Å². The van der Waals surface area contributed by atoms with E-state index >= 15 is 0 Å². The average Bonchev–Trinajstić information content (AvgIpc) is 2.55. The molecule has 1 N–H and O–H groups in total. The number of esters is 1. The molecule has 0 radical (unpaired) electrons. The standard InChI is InChI=1S/C18H33NO4/c1-3-5-6-7-8-12-16-22-17(20)13-10-9-11-14-19-18(21)23-15-4-2/h4H,2-3,5-16H2,1H3,(H,19,21). The Morgan fingerprint density at radius 1 is 0.957 bits per heavy atom. The van der Waals surface area contributed by atoms with E-state index in [0.717, 1.165) is 32.1 Å². The van der Waals surface area contributed by atoms with Gasteiger partial charge < -0.3 is 14.8 Å². The summed E-state index contributed by atoms with van der Waals surface area (Å²) in [6.07, 6.45) is 11.2. The molecule has 5 heteroatoms. The molecule has 0 atom stereocenters. The molecule has 0 saturated carbocycles. The molecule has 0 aromatic carbocycles. The number of amides is 1. The van der Waals surface area contributed by atoms with Gasteiger partial charge in [0.15, 0.2) is 0 Å². The summed E-state index contributed by atoms with van der Waals surface area (Å²) >= 11 is 0. The van der Waals surface area contributed by atoms with Gasteiger partial charge in [-0.2, -0.15) is 0 Å². The van der Waals surface area contributed by atoms with E-state index < -0.39 is 6.09 Å². The van der Waals surface area contributed by atoms with Crippen molar-refractivity contribution in [3.8, 4) is 0 Å². The number of nitrogens with one attached hydrogen (secondary N) is 1. The Morgan fingerprint density at radius 2 is 1.65 bits per heavy atom. The van der Waals surface area contributed by atoms with Crippen LogP contribution >= 0.6 is 0 Å². The molecule has 0 aliphatic carbocycles. The van der Waals surface area contributed by atoms with Crippen molar-refractivity contribution in [2.45, 2.75) is 71.1 Å². The Hall–Kier alpha value is -1.52. The van der Waals surface area contributed by atoms with Crippen LogP contribution in [0.2, 0.25) is 0 Å². The smallest absolute Gasteiger partial charge is 0.407 e. The molecule has 1 amide bonds. The molecule has 0 fully saturated rings. The summed E-state index contributed by atoms with van der Waals surface area (Å²) in [4.78, 5) is 22.6. The first kappa shape index (κ1) is 21.5. The highest BCUT2D eigenvalue weighted by Crippen LogP contribution is 2.06. The number of carbonyl (C=O) groups is 2. The van der Waals surface area contributed by atoms with Gasteiger partial charge in [-0.1, -0.05) is 58.1 Å². The van der Waals surface area contributed by atoms with Crippen LogP contribution in [-0.2, 0) is 14.3 Å². The Labute approximate surface area is 140 Å². The quantitative estimate of drug-likeness (QED) is 0.276. The molecule has 134 valence electrons. The molecule has 5 nitrogen and oxygen atoms in total. The topological polar surface area (TPSA) is 64.6 Å². The van der Waals surface area contributed by atoms with Gasteiger partial charge in [0.1, 0.15) is 6.61 Å². The maximum Gasteiger partial charge on any atom is 0.407 e. The van der Waals surface area contributed by atoms with Gasteiger partial charge in [-0.25, -0.2) is 4.79 Å². The van der Waals surface area contributed by atoms with Crippen molar-refractivity contribution in [2.75, 3.05) is 19.8 Å². The van der Waals surface area contributed by atoms with Crippen molar-refractivity contribution in [3.63, 3.8) is 0 Å². The minimum absolute atomic E-state index is 0.114. The predicted molar refractivity (Wildman–Crippen MR) is 92.4 cm³/mol. The number of hydrogen-bond donors (Lipinski definition) is 1. The summed E-state index contributed by atoms with van der Waals surface area (Å²) in [7, 11) is 0. The number of rotatable bonds is 15. The lowest BCUT2D eigenvalue weighted by Gasteiger charge is -2.06. The Balaban J connectivity index is 3.27. The van der Waals surface area contributed by atoms with Crippen molar-refractivity contribution < 1.29 is 19.1 Å². The number of carbonyl (C=O) groups excluding carboxylic acids is 2. The molecular formula is C18H33NO4. The zero-order chi connectivity index (χ0) is 17.2. The molecule has 0 rings (SSSR count). The van der Waals surface area contributed by atoms with Crippen LogP contribution in [0.5, 0.6) is 0 Å². The summed E-state index contributed by atoms with van der Waals surface area (Å²) < 4.78 is 9.98. The summed E-state index contributed by atoms with van der Waals surface area (Å²) in [6.45, 7) is 6.99. The molecule has 0 saturated heterocycles. The van der Waals surface area contributed by atoms with Crippen LogP contribution < -0.4 is 5.32 Å². The lowest BCUT2D eigenvalue weighted by molar-refractivity contribution is -0.143. The van der Waals surface area contributed by atoms with Gasteiger partial charge in [-0.05, 0) is 19.3 Å². The van der Waals surface area contributed by atoms with Crippen LogP contribution in [0.25, 0.3) is 0 Å². The fourth-order valence-electron chi connectivity index (χ4n) is 2.09. The van der Waals surface area contributed by atoms with Crippen molar-refractivity contribution >= 4 is 12.1 Å². The molecule has 0 spiro atoms. The number of ether oxygens (including phenoxy) is 2. The van der Waals surface area contributed by atoms with E-state index in [0.29, 0.717) is 19.6 Å². The summed E-state index contributed by atoms with van der Waals surface area (Å²) in [5.41, 5.74) is 0. The number of alkyl carbamates (subject to hydrolysis) is 1. The zero-order valence-electron chi connectivity index (χ0n) is 14.6. The second-order valence-corrected chi connectivity index (χ2v) is 5.61. The third kappa shape index (κ3) is 16.7. The second-order valence-electron chi connectivity index (χ2n) is 5.61. The lowest BCUT2D eigenvalue weighted by atomic mass is 10.1. The molecule has 0 unspecified atom stereocenters. The molecule has 0 aliphatic heterocycles. The van der Waals surface area contributed by atoms with E-state index in [1.165, 1.54) is 31.8 Å². The van der Waals surface area contributed by atoms with E-state index in [4.69, 9.17) is 9.47 Å². The van der Waals surface area contributed by atoms with E-state index in [-0.39, 0.29) is 12.6 Å². The van der Waals surface area contributed by atoms with Gasteiger partial charge in [0.25, 0.3) is 0 Å². The molecule has 0 aromatic rings. The van der Waals surface area contributed by atoms with Gasteiger partial charge in [0.2, 0.25) is 0 Å². The van der Waals surface area contributed by atoms with E-state index in [9.17, 15) is 9.59 Å². The van der Waals surface area contributed by atoms with Crippen LogP contribution in [-0.4, -0.2) is 31.8 Å². The van der Waals surface area contributed by atoms with Crippen molar-refractivity contribution in [3.05, 3.63) is 12.7 Å². The van der Waals surface area contributed by atoms with Crippen LogP contribution in [0, 0.1) is 0 Å². The highest BCUT2D eigenvalue weighted by atomic mass is 16.5. The molecule has 0 aromatic heterocycles. The first-order chi connectivity index (χ1) is 11.2. The van der Waals surface area contributed by atoms with Crippen molar-refractivity contribution in [1.29, 1.82) is 0 Å². The molecule has 0 heterocycles. The second kappa shape index (κ2) is 16.8. The maximum atomic E-state index is 11.5. The minimum atomic E-state index is -0.428. The first-order valence-corrected chi connectivity index (χ1v) is 8.87. The third-order valence-electron chi connectivity index (χ3n) is 3.42. The average molecular weight is 327 g/mol. The van der Waals surface area contributed by atoms with Gasteiger partial charge in [0.05, 0.1) is 6.61 Å². The highest BCUT2D eigenvalue weighted by Gasteiger charge is 2.03. The van der Waals surface area contributed by atoms with Gasteiger partial charge in [-0.15, -0.1) is 0 Å². The van der Waals surface area contributed by atoms with Crippen molar-refractivity contribution in [2.24, 2.45) is 0 Å². The van der Waals surface area contributed by atoms with Crippen LogP contribution in [0.4, 0.5) is 4.79 Å². The Bertz CT molecular complexity index is 318. The predicted octanol–water partition coefficient (Wildman–Crippen LogP) is 4.36. The van der Waals surface area contributed by atoms with E-state index in [2.05, 4.69) is 18.8 Å². The summed E-state index contributed by atoms with van der Waals surface area (Å²) in [5, 5.41) is 2.64. The van der Waals surface area contributed by atoms with Crippen molar-refractivity contribution in [1.82, 2.24) is 5.32 Å². The van der Waals surface area contributed by atoms with Gasteiger partial charge in [-0.3, -0.25) is 4.79 Å². The SMILES string of the molecule is C=CCOC(=O)NCCCCCC(=O)OCCCCCCCC. The largest absolute Gasteiger partial charge is 0.466 e. The molecule has 0 bridgehead atoms. The summed E-state index contributed by atoms with van der Waals surface area (Å²) in [5.74, 6) is -0.114. The monoisotopic (exact) mass is 327 g/mol. The highest BCUT2D eigenvalue weighted by molar-refractivity contribution is 5.69. The molecular weight excluding hydrogens is 294 g/mol. The number of hydrogen-bond acceptors (Lipinski definition) is 4. The lowest BCUT2D eigenvalue weighted by Crippen LogP contribution is -2.25. The normalized spacial score (nSPS) is 10.1. The van der Waals surface area contributed by atoms with Gasteiger partial charge in [0, 0.05) is 13.0 Å². The summed E-state index contributed by atoms with van der Waals surface area (Å²) in [6, 6.07) is 0. The third-order valence-corrected chi connectivity index (χ3v) is 3.42. The fraction of sp³-hybridized carbons (Fsp3) is 0.778. The number of unbranched alkanes of at least 4 members (excludes halogenated alkanes) is 7. The fourth-order valence-corrected chi connectivity index (χ4v) is 2.09. The maximum absolute atomic E-state index is 11.5. The van der Waals surface area contributed by atoms with Crippen LogP contribution in [0.3, 0.4) is 0 Å².